The molecule has 33 heavy (non-hydrogen) atoms. The second-order valence-corrected chi connectivity index (χ2v) is 10.4. The number of aryl methyl sites for hydroxylation is 1. The molecule has 1 atom stereocenters. The van der Waals surface area contributed by atoms with Gasteiger partial charge in [-0.3, -0.25) is 9.10 Å². The molecule has 0 heterocycles. The first-order valence-electron chi connectivity index (χ1n) is 11.3. The number of sulfonamides is 1. The number of amides is 1. The van der Waals surface area contributed by atoms with E-state index in [1.165, 1.54) is 4.31 Å². The van der Waals surface area contributed by atoms with Gasteiger partial charge in [-0.25, -0.2) is 8.42 Å². The van der Waals surface area contributed by atoms with Crippen molar-refractivity contribution in [2.24, 2.45) is 0 Å². The third kappa shape index (κ3) is 6.02. The van der Waals surface area contributed by atoms with Gasteiger partial charge in [0, 0.05) is 0 Å². The Morgan fingerprint density at radius 1 is 0.879 bits per heavy atom. The summed E-state index contributed by atoms with van der Waals surface area (Å²) >= 11 is 0. The summed E-state index contributed by atoms with van der Waals surface area (Å²) in [6.45, 7) is 7.75. The van der Waals surface area contributed by atoms with Crippen LogP contribution in [0.2, 0.25) is 0 Å². The van der Waals surface area contributed by atoms with Crippen molar-refractivity contribution in [1.29, 1.82) is 0 Å². The molecule has 0 bridgehead atoms. The van der Waals surface area contributed by atoms with Crippen LogP contribution in [0.15, 0.2) is 83.8 Å². The molecule has 3 rings (SSSR count). The topological polar surface area (TPSA) is 66.5 Å². The van der Waals surface area contributed by atoms with Crippen molar-refractivity contribution in [3.8, 4) is 0 Å². The molecule has 3 aromatic rings. The van der Waals surface area contributed by atoms with E-state index in [9.17, 15) is 13.2 Å². The first-order valence-corrected chi connectivity index (χ1v) is 12.7. The Balaban J connectivity index is 1.92. The van der Waals surface area contributed by atoms with Gasteiger partial charge in [-0.05, 0) is 54.7 Å². The Labute approximate surface area is 197 Å². The zero-order valence-corrected chi connectivity index (χ0v) is 20.5. The molecule has 0 fully saturated rings. The highest BCUT2D eigenvalue weighted by Gasteiger charge is 2.28. The Morgan fingerprint density at radius 2 is 1.48 bits per heavy atom. The molecule has 3 aromatic carbocycles. The van der Waals surface area contributed by atoms with Crippen LogP contribution in [-0.4, -0.2) is 20.9 Å². The van der Waals surface area contributed by atoms with Crippen molar-refractivity contribution in [3.05, 3.63) is 95.6 Å². The van der Waals surface area contributed by atoms with Crippen LogP contribution in [0.25, 0.3) is 0 Å². The highest BCUT2D eigenvalue weighted by Crippen LogP contribution is 2.26. The van der Waals surface area contributed by atoms with Gasteiger partial charge < -0.3 is 5.32 Å². The number of carbonyl (C=O) groups is 1. The van der Waals surface area contributed by atoms with Crippen molar-refractivity contribution < 1.29 is 13.2 Å². The van der Waals surface area contributed by atoms with Gasteiger partial charge in [0.05, 0.1) is 16.6 Å². The van der Waals surface area contributed by atoms with Crippen molar-refractivity contribution >= 4 is 21.6 Å². The minimum atomic E-state index is -3.93. The zero-order chi connectivity index (χ0) is 24.0. The first-order chi connectivity index (χ1) is 15.7. The molecule has 0 saturated heterocycles. The van der Waals surface area contributed by atoms with Crippen LogP contribution in [0.1, 0.15) is 55.8 Å². The maximum atomic E-state index is 13.6. The second kappa shape index (κ2) is 10.7. The molecule has 174 valence electrons. The van der Waals surface area contributed by atoms with Gasteiger partial charge in [0.15, 0.2) is 0 Å². The highest BCUT2D eigenvalue weighted by atomic mass is 32.2. The molecule has 0 aliphatic heterocycles. The fourth-order valence-corrected chi connectivity index (χ4v) is 5.08. The average molecular weight is 465 g/mol. The maximum absolute atomic E-state index is 13.6. The molecule has 6 heteroatoms. The summed E-state index contributed by atoms with van der Waals surface area (Å²) in [4.78, 5) is 13.2. The largest absolute Gasteiger partial charge is 0.348 e. The maximum Gasteiger partial charge on any atom is 0.264 e. The van der Waals surface area contributed by atoms with Gasteiger partial charge in [0.25, 0.3) is 10.0 Å². The van der Waals surface area contributed by atoms with Crippen LogP contribution in [0.5, 0.6) is 0 Å². The van der Waals surface area contributed by atoms with Crippen LogP contribution >= 0.6 is 0 Å². The van der Waals surface area contributed by atoms with Gasteiger partial charge in [-0.2, -0.15) is 0 Å². The smallest absolute Gasteiger partial charge is 0.264 e. The number of nitrogens with one attached hydrogen (secondary N) is 1. The fraction of sp³-hybridized carbons (Fsp3) is 0.296. The van der Waals surface area contributed by atoms with Crippen molar-refractivity contribution in [1.82, 2.24) is 5.32 Å². The van der Waals surface area contributed by atoms with E-state index >= 15 is 0 Å². The fourth-order valence-electron chi connectivity index (χ4n) is 3.65. The third-order valence-electron chi connectivity index (χ3n) is 5.69. The standard InChI is InChI=1S/C27H32N2O3S/c1-5-26(23-9-7-6-8-10-23)28-27(30)19-29(24-15-13-22(14-16-24)20(2)3)33(31,32)25-17-11-21(4)12-18-25/h6-18,20,26H,5,19H2,1-4H3,(H,28,30)/t26-/m1/s1. The molecule has 0 aliphatic carbocycles. The molecule has 0 saturated carbocycles. The third-order valence-corrected chi connectivity index (χ3v) is 7.48. The van der Waals surface area contributed by atoms with Crippen molar-refractivity contribution in [2.45, 2.75) is 51.0 Å². The number of anilines is 1. The highest BCUT2D eigenvalue weighted by molar-refractivity contribution is 7.92. The van der Waals surface area contributed by atoms with Crippen LogP contribution in [0, 0.1) is 6.92 Å². The lowest BCUT2D eigenvalue weighted by Gasteiger charge is -2.26. The van der Waals surface area contributed by atoms with Gasteiger partial charge in [0.2, 0.25) is 5.91 Å². The van der Waals surface area contributed by atoms with Gasteiger partial charge in [0.1, 0.15) is 6.54 Å². The summed E-state index contributed by atoms with van der Waals surface area (Å²) in [5.41, 5.74) is 3.52. The molecule has 1 amide bonds. The molecular weight excluding hydrogens is 432 g/mol. The molecule has 5 nitrogen and oxygen atoms in total. The van der Waals surface area contributed by atoms with E-state index < -0.39 is 10.0 Å². The van der Waals surface area contributed by atoms with E-state index in [0.29, 0.717) is 18.0 Å². The lowest BCUT2D eigenvalue weighted by molar-refractivity contribution is -0.120. The molecule has 0 radical (unpaired) electrons. The van der Waals surface area contributed by atoms with Crippen LogP contribution in [0.3, 0.4) is 0 Å². The van der Waals surface area contributed by atoms with E-state index in [1.54, 1.807) is 36.4 Å². The van der Waals surface area contributed by atoms with E-state index in [1.807, 2.05) is 56.3 Å². The number of hydrogen-bond donors (Lipinski definition) is 1. The monoisotopic (exact) mass is 464 g/mol. The zero-order valence-electron chi connectivity index (χ0n) is 19.7. The summed E-state index contributed by atoms with van der Waals surface area (Å²) < 4.78 is 28.3. The summed E-state index contributed by atoms with van der Waals surface area (Å²) in [6, 6.07) is 23.5. The number of hydrogen-bond acceptors (Lipinski definition) is 3. The van der Waals surface area contributed by atoms with E-state index in [-0.39, 0.29) is 23.4 Å². The predicted molar refractivity (Wildman–Crippen MR) is 134 cm³/mol. The van der Waals surface area contributed by atoms with Crippen molar-refractivity contribution in [2.75, 3.05) is 10.8 Å². The van der Waals surface area contributed by atoms with Crippen molar-refractivity contribution in [3.63, 3.8) is 0 Å². The van der Waals surface area contributed by atoms with Gasteiger partial charge in [-0.15, -0.1) is 0 Å². The molecule has 0 aliphatic rings. The minimum Gasteiger partial charge on any atom is -0.348 e. The summed E-state index contributed by atoms with van der Waals surface area (Å²) in [5, 5.41) is 3.00. The van der Waals surface area contributed by atoms with E-state index in [0.717, 1.165) is 16.7 Å². The Morgan fingerprint density at radius 3 is 2.03 bits per heavy atom. The number of rotatable bonds is 9. The normalized spacial score (nSPS) is 12.4. The van der Waals surface area contributed by atoms with E-state index in [4.69, 9.17) is 0 Å². The van der Waals surface area contributed by atoms with E-state index in [2.05, 4.69) is 19.2 Å². The lowest BCUT2D eigenvalue weighted by Crippen LogP contribution is -2.42. The van der Waals surface area contributed by atoms with Crippen LogP contribution < -0.4 is 9.62 Å². The molecule has 1 N–H and O–H groups in total. The summed E-state index contributed by atoms with van der Waals surface area (Å²) in [5.74, 6) is -0.0324. The number of nitrogens with zero attached hydrogens (tertiary/aromatic N) is 1. The molecule has 0 unspecified atom stereocenters. The number of carbonyl (C=O) groups excluding carboxylic acids is 1. The molecule has 0 spiro atoms. The summed E-state index contributed by atoms with van der Waals surface area (Å²) in [7, 11) is -3.93. The quantitative estimate of drug-likeness (QED) is 0.449. The Kier molecular flexibility index (Phi) is 7.92. The first kappa shape index (κ1) is 24.5. The molecular formula is C27H32N2O3S. The Hall–Kier alpha value is -3.12. The minimum absolute atomic E-state index is 0.156. The predicted octanol–water partition coefficient (Wildman–Crippen LogP) is 5.58. The van der Waals surface area contributed by atoms with Gasteiger partial charge in [-0.1, -0.05) is 80.9 Å². The van der Waals surface area contributed by atoms with Gasteiger partial charge >= 0.3 is 0 Å². The average Bonchev–Trinajstić information content (AvgIpc) is 2.82. The lowest BCUT2D eigenvalue weighted by atomic mass is 10.0. The van der Waals surface area contributed by atoms with Crippen LogP contribution in [0.4, 0.5) is 5.69 Å². The summed E-state index contributed by atoms with van der Waals surface area (Å²) in [6.07, 6.45) is 0.698. The van der Waals surface area contributed by atoms with Crippen LogP contribution in [-0.2, 0) is 14.8 Å². The molecule has 0 aromatic heterocycles. The number of benzene rings is 3. The SMILES string of the molecule is CC[C@@H](NC(=O)CN(c1ccc(C(C)C)cc1)S(=O)(=O)c1ccc(C)cc1)c1ccccc1. The Bertz CT molecular complexity index is 1160. The second-order valence-electron chi connectivity index (χ2n) is 8.51.